The van der Waals surface area contributed by atoms with Gasteiger partial charge in [0.2, 0.25) is 0 Å². The van der Waals surface area contributed by atoms with E-state index in [9.17, 15) is 0 Å². The molecule has 0 N–H and O–H groups in total. The van der Waals surface area contributed by atoms with Crippen LogP contribution in [0.15, 0.2) is 24.3 Å². The quantitative estimate of drug-likeness (QED) is 0.759. The van der Waals surface area contributed by atoms with Gasteiger partial charge in [-0.25, -0.2) is 0 Å². The molecule has 102 valence electrons. The molecule has 1 aliphatic carbocycles. The Morgan fingerprint density at radius 2 is 1.53 bits per heavy atom. The second-order valence-electron chi connectivity index (χ2n) is 6.33. The molecule has 3 rings (SSSR count). The molecule has 1 heterocycles. The standard InChI is InChI=1S/C16H23BO2/c1-4-13-7-9-14(10-8-13)17-18-15(2)11-5-6-12-16(15,3)19-17/h7-10H,4-6,11-12H2,1-3H3. The highest BCUT2D eigenvalue weighted by Gasteiger charge is 2.57. The molecule has 2 fully saturated rings. The van der Waals surface area contributed by atoms with Crippen LogP contribution in [0.3, 0.4) is 0 Å². The fraction of sp³-hybridized carbons (Fsp3) is 0.625. The molecule has 1 aliphatic heterocycles. The summed E-state index contributed by atoms with van der Waals surface area (Å²) in [6, 6.07) is 8.64. The molecule has 0 amide bonds. The molecule has 1 aromatic carbocycles. The minimum Gasteiger partial charge on any atom is -0.399 e. The molecule has 19 heavy (non-hydrogen) atoms. The summed E-state index contributed by atoms with van der Waals surface area (Å²) in [6.07, 6.45) is 5.77. The van der Waals surface area contributed by atoms with Gasteiger partial charge >= 0.3 is 7.12 Å². The van der Waals surface area contributed by atoms with E-state index in [-0.39, 0.29) is 18.3 Å². The lowest BCUT2D eigenvalue weighted by molar-refractivity contribution is -0.0556. The van der Waals surface area contributed by atoms with Gasteiger partial charge in [-0.3, -0.25) is 0 Å². The van der Waals surface area contributed by atoms with Crippen LogP contribution in [0, 0.1) is 0 Å². The summed E-state index contributed by atoms with van der Waals surface area (Å²) < 4.78 is 12.6. The first-order valence-corrected chi connectivity index (χ1v) is 7.51. The Kier molecular flexibility index (Phi) is 3.22. The van der Waals surface area contributed by atoms with E-state index in [1.807, 2.05) is 0 Å². The van der Waals surface area contributed by atoms with Crippen molar-refractivity contribution in [2.75, 3.05) is 0 Å². The highest BCUT2D eigenvalue weighted by atomic mass is 16.7. The van der Waals surface area contributed by atoms with Crippen LogP contribution in [-0.2, 0) is 15.7 Å². The van der Waals surface area contributed by atoms with Gasteiger partial charge in [0.25, 0.3) is 0 Å². The average Bonchev–Trinajstić information content (AvgIpc) is 2.70. The van der Waals surface area contributed by atoms with Crippen LogP contribution in [0.2, 0.25) is 0 Å². The highest BCUT2D eigenvalue weighted by Crippen LogP contribution is 2.47. The van der Waals surface area contributed by atoms with Crippen molar-refractivity contribution in [2.24, 2.45) is 0 Å². The third kappa shape index (κ3) is 2.13. The van der Waals surface area contributed by atoms with Crippen LogP contribution in [0.4, 0.5) is 0 Å². The molecule has 2 unspecified atom stereocenters. The zero-order valence-corrected chi connectivity index (χ0v) is 12.2. The zero-order valence-electron chi connectivity index (χ0n) is 12.2. The molecule has 1 aromatic rings. The molecular weight excluding hydrogens is 235 g/mol. The monoisotopic (exact) mass is 258 g/mol. The zero-order chi connectivity index (χ0) is 13.5. The normalized spacial score (nSPS) is 34.4. The smallest absolute Gasteiger partial charge is 0.399 e. The third-order valence-electron chi connectivity index (χ3n) is 5.07. The number of hydrogen-bond donors (Lipinski definition) is 0. The number of rotatable bonds is 2. The third-order valence-corrected chi connectivity index (χ3v) is 5.07. The lowest BCUT2D eigenvalue weighted by atomic mass is 9.74. The summed E-state index contributed by atoms with van der Waals surface area (Å²) in [6.45, 7) is 6.60. The van der Waals surface area contributed by atoms with Crippen LogP contribution in [0.5, 0.6) is 0 Å². The molecule has 1 saturated carbocycles. The Morgan fingerprint density at radius 3 is 2.00 bits per heavy atom. The Balaban J connectivity index is 1.84. The van der Waals surface area contributed by atoms with Crippen LogP contribution < -0.4 is 5.46 Å². The molecule has 0 spiro atoms. The van der Waals surface area contributed by atoms with Crippen LogP contribution in [0.25, 0.3) is 0 Å². The maximum absolute atomic E-state index is 6.29. The van der Waals surface area contributed by atoms with Crippen molar-refractivity contribution >= 4 is 12.6 Å². The summed E-state index contributed by atoms with van der Waals surface area (Å²) in [5, 5.41) is 0. The van der Waals surface area contributed by atoms with Crippen molar-refractivity contribution in [3.8, 4) is 0 Å². The molecule has 2 atom stereocenters. The van der Waals surface area contributed by atoms with Crippen LogP contribution in [0.1, 0.15) is 52.0 Å². The van der Waals surface area contributed by atoms with Gasteiger partial charge in [0, 0.05) is 0 Å². The van der Waals surface area contributed by atoms with Gasteiger partial charge in [0.15, 0.2) is 0 Å². The van der Waals surface area contributed by atoms with Crippen molar-refractivity contribution in [3.63, 3.8) is 0 Å². The van der Waals surface area contributed by atoms with Gasteiger partial charge in [-0.05, 0) is 44.1 Å². The Bertz CT molecular complexity index is 438. The number of fused-ring (bicyclic) bond motifs is 1. The van der Waals surface area contributed by atoms with Gasteiger partial charge < -0.3 is 9.31 Å². The van der Waals surface area contributed by atoms with E-state index in [2.05, 4.69) is 45.0 Å². The van der Waals surface area contributed by atoms with Crippen LogP contribution in [-0.4, -0.2) is 18.3 Å². The maximum atomic E-state index is 6.29. The lowest BCUT2D eigenvalue weighted by Gasteiger charge is -2.43. The van der Waals surface area contributed by atoms with Crippen molar-refractivity contribution in [1.82, 2.24) is 0 Å². The Labute approximate surface area is 116 Å². The van der Waals surface area contributed by atoms with Gasteiger partial charge in [-0.15, -0.1) is 0 Å². The summed E-state index contributed by atoms with van der Waals surface area (Å²) in [5.41, 5.74) is 2.25. The van der Waals surface area contributed by atoms with Gasteiger partial charge in [0.05, 0.1) is 11.2 Å². The van der Waals surface area contributed by atoms with Crippen molar-refractivity contribution in [3.05, 3.63) is 29.8 Å². The van der Waals surface area contributed by atoms with Gasteiger partial charge in [-0.2, -0.15) is 0 Å². The molecule has 0 bridgehead atoms. The topological polar surface area (TPSA) is 18.5 Å². The molecule has 2 aliphatic rings. The molecule has 2 nitrogen and oxygen atoms in total. The summed E-state index contributed by atoms with van der Waals surface area (Å²) in [7, 11) is -0.195. The predicted octanol–water partition coefficient (Wildman–Crippen LogP) is 3.08. The fourth-order valence-electron chi connectivity index (χ4n) is 3.36. The van der Waals surface area contributed by atoms with Crippen molar-refractivity contribution in [2.45, 2.75) is 64.1 Å². The van der Waals surface area contributed by atoms with Crippen molar-refractivity contribution < 1.29 is 9.31 Å². The molecule has 0 radical (unpaired) electrons. The van der Waals surface area contributed by atoms with Crippen molar-refractivity contribution in [1.29, 1.82) is 0 Å². The summed E-state index contributed by atoms with van der Waals surface area (Å²) >= 11 is 0. The fourth-order valence-corrected chi connectivity index (χ4v) is 3.36. The molecule has 0 aromatic heterocycles. The minimum atomic E-state index is -0.195. The Hall–Kier alpha value is -0.795. The minimum absolute atomic E-state index is 0.126. The lowest BCUT2D eigenvalue weighted by Crippen LogP contribution is -2.49. The van der Waals surface area contributed by atoms with Gasteiger partial charge in [-0.1, -0.05) is 44.0 Å². The summed E-state index contributed by atoms with van der Waals surface area (Å²) in [5.74, 6) is 0. The first-order valence-electron chi connectivity index (χ1n) is 7.51. The van der Waals surface area contributed by atoms with E-state index in [4.69, 9.17) is 9.31 Å². The van der Waals surface area contributed by atoms with Crippen LogP contribution >= 0.6 is 0 Å². The Morgan fingerprint density at radius 1 is 1.00 bits per heavy atom. The second kappa shape index (κ2) is 4.64. The molecular formula is C16H23BO2. The van der Waals surface area contributed by atoms with E-state index in [1.54, 1.807) is 0 Å². The first-order chi connectivity index (χ1) is 9.06. The first kappa shape index (κ1) is 13.2. The van der Waals surface area contributed by atoms with E-state index >= 15 is 0 Å². The maximum Gasteiger partial charge on any atom is 0.494 e. The number of aryl methyl sites for hydroxylation is 1. The number of benzene rings is 1. The van der Waals surface area contributed by atoms with E-state index in [1.165, 1.54) is 18.4 Å². The number of hydrogen-bond acceptors (Lipinski definition) is 2. The predicted molar refractivity (Wildman–Crippen MR) is 78.7 cm³/mol. The van der Waals surface area contributed by atoms with E-state index < -0.39 is 0 Å². The SMILES string of the molecule is CCc1ccc(B2OC3(C)CCCCC3(C)O2)cc1. The second-order valence-corrected chi connectivity index (χ2v) is 6.33. The van der Waals surface area contributed by atoms with Gasteiger partial charge in [0.1, 0.15) is 0 Å². The van der Waals surface area contributed by atoms with E-state index in [0.717, 1.165) is 24.7 Å². The molecule has 1 saturated heterocycles. The average molecular weight is 258 g/mol. The highest BCUT2D eigenvalue weighted by molar-refractivity contribution is 6.62. The molecule has 3 heteroatoms. The largest absolute Gasteiger partial charge is 0.494 e. The summed E-state index contributed by atoms with van der Waals surface area (Å²) in [4.78, 5) is 0. The van der Waals surface area contributed by atoms with E-state index in [0.29, 0.717) is 0 Å².